The molecule has 3 rings (SSSR count). The fourth-order valence-electron chi connectivity index (χ4n) is 3.55. The Hall–Kier alpha value is -2.10. The number of fused-ring (bicyclic) bond motifs is 1. The Morgan fingerprint density at radius 3 is 2.83 bits per heavy atom. The number of amides is 1. The van der Waals surface area contributed by atoms with E-state index in [-0.39, 0.29) is 12.0 Å². The molecule has 1 aromatic rings. The van der Waals surface area contributed by atoms with E-state index in [9.17, 15) is 9.59 Å². The Labute approximate surface area is 143 Å². The number of benzene rings is 1. The highest BCUT2D eigenvalue weighted by atomic mass is 16.5. The quantitative estimate of drug-likeness (QED) is 0.571. The maximum atomic E-state index is 12.4. The normalized spacial score (nSPS) is 22.5. The molecular formula is C20H25NO3. The van der Waals surface area contributed by atoms with Gasteiger partial charge in [0.2, 0.25) is 5.91 Å². The third kappa shape index (κ3) is 4.25. The SMILES string of the molecule is O=CC1=CC2CCN(C(=O)CCCCCc3ccccc3)CC2O1. The average Bonchev–Trinajstić information content (AvgIpc) is 3.04. The third-order valence-corrected chi connectivity index (χ3v) is 4.94. The Morgan fingerprint density at radius 1 is 1.21 bits per heavy atom. The minimum absolute atomic E-state index is 0.0269. The molecule has 2 aliphatic heterocycles. The summed E-state index contributed by atoms with van der Waals surface area (Å²) in [5, 5.41) is 0. The number of carbonyl (C=O) groups is 2. The van der Waals surface area contributed by atoms with Gasteiger partial charge in [-0.05, 0) is 37.3 Å². The minimum Gasteiger partial charge on any atom is -0.485 e. The first-order valence-electron chi connectivity index (χ1n) is 8.91. The number of hydrogen-bond donors (Lipinski definition) is 0. The zero-order chi connectivity index (χ0) is 16.8. The first-order chi connectivity index (χ1) is 11.8. The summed E-state index contributed by atoms with van der Waals surface area (Å²) < 4.78 is 5.59. The van der Waals surface area contributed by atoms with E-state index in [0.717, 1.165) is 44.9 Å². The number of aldehydes is 1. The lowest BCUT2D eigenvalue weighted by Crippen LogP contribution is -2.45. The molecule has 2 heterocycles. The number of ether oxygens (including phenoxy) is 1. The number of nitrogens with zero attached hydrogens (tertiary/aromatic N) is 1. The molecule has 1 saturated heterocycles. The first-order valence-corrected chi connectivity index (χ1v) is 8.91. The van der Waals surface area contributed by atoms with Gasteiger partial charge in [0.05, 0.1) is 6.54 Å². The summed E-state index contributed by atoms with van der Waals surface area (Å²) in [5.74, 6) is 0.941. The minimum atomic E-state index is -0.0269. The van der Waals surface area contributed by atoms with Crippen LogP contribution >= 0.6 is 0 Å². The summed E-state index contributed by atoms with van der Waals surface area (Å²) in [7, 11) is 0. The van der Waals surface area contributed by atoms with Crippen LogP contribution in [-0.4, -0.2) is 36.3 Å². The number of unbranched alkanes of at least 4 members (excludes halogenated alkanes) is 2. The summed E-state index contributed by atoms with van der Waals surface area (Å²) in [6, 6.07) is 10.5. The van der Waals surface area contributed by atoms with Crippen molar-refractivity contribution < 1.29 is 14.3 Å². The van der Waals surface area contributed by atoms with Gasteiger partial charge in [0, 0.05) is 18.9 Å². The van der Waals surface area contributed by atoms with Crippen LogP contribution < -0.4 is 0 Å². The Morgan fingerprint density at radius 2 is 2.04 bits per heavy atom. The molecule has 0 aromatic heterocycles. The zero-order valence-corrected chi connectivity index (χ0v) is 14.0. The number of piperidine rings is 1. The molecule has 0 saturated carbocycles. The second-order valence-electron chi connectivity index (χ2n) is 6.68. The van der Waals surface area contributed by atoms with Crippen molar-refractivity contribution in [3.8, 4) is 0 Å². The van der Waals surface area contributed by atoms with E-state index in [1.807, 2.05) is 17.0 Å². The molecule has 4 nitrogen and oxygen atoms in total. The van der Waals surface area contributed by atoms with Crippen molar-refractivity contribution in [3.05, 3.63) is 47.7 Å². The number of allylic oxidation sites excluding steroid dienone is 1. The summed E-state index contributed by atoms with van der Waals surface area (Å²) in [4.78, 5) is 25.1. The van der Waals surface area contributed by atoms with Crippen LogP contribution in [0.15, 0.2) is 42.2 Å². The van der Waals surface area contributed by atoms with Gasteiger partial charge in [-0.1, -0.05) is 36.8 Å². The molecule has 2 atom stereocenters. The van der Waals surface area contributed by atoms with Crippen molar-refractivity contribution in [2.45, 2.75) is 44.6 Å². The van der Waals surface area contributed by atoms with Gasteiger partial charge >= 0.3 is 0 Å². The van der Waals surface area contributed by atoms with Crippen LogP contribution in [0.5, 0.6) is 0 Å². The van der Waals surface area contributed by atoms with Crippen molar-refractivity contribution in [1.82, 2.24) is 4.90 Å². The van der Waals surface area contributed by atoms with Crippen molar-refractivity contribution in [3.63, 3.8) is 0 Å². The molecule has 1 amide bonds. The highest BCUT2D eigenvalue weighted by molar-refractivity contribution is 5.76. The zero-order valence-electron chi connectivity index (χ0n) is 14.0. The van der Waals surface area contributed by atoms with Gasteiger partial charge in [-0.25, -0.2) is 0 Å². The Balaban J connectivity index is 1.34. The monoisotopic (exact) mass is 327 g/mol. The standard InChI is InChI=1S/C20H25NO3/c22-15-18-13-17-11-12-21(14-19(17)24-18)20(23)10-6-2-5-9-16-7-3-1-4-8-16/h1,3-4,7-8,13,15,17,19H,2,5-6,9-12,14H2. The van der Waals surface area contributed by atoms with E-state index in [1.54, 1.807) is 0 Å². The molecule has 0 bridgehead atoms. The first kappa shape index (κ1) is 16.7. The fourth-order valence-corrected chi connectivity index (χ4v) is 3.55. The van der Waals surface area contributed by atoms with Crippen molar-refractivity contribution in [2.24, 2.45) is 5.92 Å². The van der Waals surface area contributed by atoms with E-state index in [2.05, 4.69) is 24.3 Å². The molecule has 0 N–H and O–H groups in total. The predicted octanol–water partition coefficient (Wildman–Crippen LogP) is 3.12. The maximum Gasteiger partial charge on any atom is 0.222 e. The van der Waals surface area contributed by atoms with Crippen LogP contribution in [0, 0.1) is 5.92 Å². The topological polar surface area (TPSA) is 46.6 Å². The number of hydrogen-bond acceptors (Lipinski definition) is 3. The van der Waals surface area contributed by atoms with Crippen LogP contribution in [0.3, 0.4) is 0 Å². The second kappa shape index (κ2) is 8.13. The van der Waals surface area contributed by atoms with Gasteiger partial charge in [0.25, 0.3) is 0 Å². The molecule has 2 unspecified atom stereocenters. The van der Waals surface area contributed by atoms with E-state index in [4.69, 9.17) is 4.74 Å². The summed E-state index contributed by atoms with van der Waals surface area (Å²) >= 11 is 0. The largest absolute Gasteiger partial charge is 0.485 e. The summed E-state index contributed by atoms with van der Waals surface area (Å²) in [6.45, 7) is 1.39. The van der Waals surface area contributed by atoms with E-state index in [1.165, 1.54) is 5.56 Å². The average molecular weight is 327 g/mol. The predicted molar refractivity (Wildman–Crippen MR) is 92.3 cm³/mol. The van der Waals surface area contributed by atoms with Crippen LogP contribution in [-0.2, 0) is 20.7 Å². The van der Waals surface area contributed by atoms with Crippen molar-refractivity contribution >= 4 is 12.2 Å². The highest BCUT2D eigenvalue weighted by Crippen LogP contribution is 2.30. The molecule has 0 spiro atoms. The van der Waals surface area contributed by atoms with Gasteiger partial charge in [-0.3, -0.25) is 9.59 Å². The summed E-state index contributed by atoms with van der Waals surface area (Å²) in [6.07, 6.45) is 8.36. The smallest absolute Gasteiger partial charge is 0.222 e. The van der Waals surface area contributed by atoms with Crippen LogP contribution in [0.25, 0.3) is 0 Å². The van der Waals surface area contributed by atoms with E-state index >= 15 is 0 Å². The highest BCUT2D eigenvalue weighted by Gasteiger charge is 2.35. The van der Waals surface area contributed by atoms with Gasteiger partial charge in [-0.15, -0.1) is 0 Å². The number of likely N-dealkylation sites (tertiary alicyclic amines) is 1. The lowest BCUT2D eigenvalue weighted by atomic mass is 9.94. The fraction of sp³-hybridized carbons (Fsp3) is 0.500. The van der Waals surface area contributed by atoms with E-state index in [0.29, 0.717) is 24.6 Å². The number of carbonyl (C=O) groups excluding carboxylic acids is 2. The van der Waals surface area contributed by atoms with E-state index < -0.39 is 0 Å². The molecule has 128 valence electrons. The molecule has 4 heteroatoms. The lowest BCUT2D eigenvalue weighted by Gasteiger charge is -2.34. The Kier molecular flexibility index (Phi) is 5.68. The van der Waals surface area contributed by atoms with Crippen LogP contribution in [0.2, 0.25) is 0 Å². The van der Waals surface area contributed by atoms with Gasteiger partial charge in [0.15, 0.2) is 12.0 Å². The Bertz CT molecular complexity index is 596. The van der Waals surface area contributed by atoms with Gasteiger partial charge in [0.1, 0.15) is 6.10 Å². The van der Waals surface area contributed by atoms with Crippen molar-refractivity contribution in [1.29, 1.82) is 0 Å². The molecular weight excluding hydrogens is 302 g/mol. The molecule has 24 heavy (non-hydrogen) atoms. The molecule has 1 fully saturated rings. The molecule has 1 aromatic carbocycles. The molecule has 0 aliphatic carbocycles. The second-order valence-corrected chi connectivity index (χ2v) is 6.68. The number of aryl methyl sites for hydroxylation is 1. The number of rotatable bonds is 7. The van der Waals surface area contributed by atoms with Crippen LogP contribution in [0.4, 0.5) is 0 Å². The molecule has 0 radical (unpaired) electrons. The maximum absolute atomic E-state index is 12.4. The van der Waals surface area contributed by atoms with Crippen molar-refractivity contribution in [2.75, 3.05) is 13.1 Å². The summed E-state index contributed by atoms with van der Waals surface area (Å²) in [5.41, 5.74) is 1.36. The third-order valence-electron chi connectivity index (χ3n) is 4.94. The van der Waals surface area contributed by atoms with Gasteiger partial charge < -0.3 is 9.64 Å². The lowest BCUT2D eigenvalue weighted by molar-refractivity contribution is -0.135. The molecule has 2 aliphatic rings. The van der Waals surface area contributed by atoms with Gasteiger partial charge in [-0.2, -0.15) is 0 Å². The van der Waals surface area contributed by atoms with Crippen LogP contribution in [0.1, 0.15) is 37.7 Å².